The molecule has 3 aromatic carbocycles. The van der Waals surface area contributed by atoms with Gasteiger partial charge in [-0.1, -0.05) is 159 Å². The highest BCUT2D eigenvalue weighted by molar-refractivity contribution is 6.04. The first-order chi connectivity index (χ1) is 20.6. The Balaban J connectivity index is 1.80. The van der Waals surface area contributed by atoms with E-state index in [1.165, 1.54) is 149 Å². The molecule has 1 aliphatic rings. The molecule has 0 aromatic heterocycles. The first-order valence-electron chi connectivity index (χ1n) is 17.9. The van der Waals surface area contributed by atoms with Crippen LogP contribution in [-0.2, 0) is 5.41 Å². The average Bonchev–Trinajstić information content (AvgIpc) is 3.28. The molecule has 0 N–H and O–H groups in total. The second-order valence-electron chi connectivity index (χ2n) is 13.3. The average molecular weight is 565 g/mol. The Bertz CT molecular complexity index is 1270. The second kappa shape index (κ2) is 16.5. The van der Waals surface area contributed by atoms with Gasteiger partial charge in [-0.3, -0.25) is 0 Å². The highest BCUT2D eigenvalue weighted by atomic mass is 14.5. The lowest BCUT2D eigenvalue weighted by Crippen LogP contribution is -2.26. The Labute approximate surface area is 259 Å². The standard InChI is InChI=1S/C42H60/c1-6-10-13-15-17-22-29-42(30-23-18-16-14-11-7-2)39-32-35(34(9-4)24-19-12-8-3)27-28-38(39)41-37-26-21-20-25-36(37)33(5)31-40(41)42/h9,20-21,25-28,31-32H,6-8,10-19,22-24,29-30H2,1-5H3. The number of hydrogen-bond acceptors (Lipinski definition) is 0. The molecule has 0 heteroatoms. The van der Waals surface area contributed by atoms with Gasteiger partial charge in [-0.25, -0.2) is 0 Å². The molecule has 0 heterocycles. The lowest BCUT2D eigenvalue weighted by Gasteiger charge is -2.34. The number of allylic oxidation sites excluding steroid dienone is 2. The van der Waals surface area contributed by atoms with E-state index in [0.717, 1.165) is 0 Å². The minimum absolute atomic E-state index is 0.132. The number of benzene rings is 3. The molecule has 0 saturated heterocycles. The number of hydrogen-bond donors (Lipinski definition) is 0. The zero-order valence-corrected chi connectivity index (χ0v) is 27.9. The summed E-state index contributed by atoms with van der Waals surface area (Å²) < 4.78 is 0. The zero-order valence-electron chi connectivity index (χ0n) is 27.9. The van der Waals surface area contributed by atoms with E-state index < -0.39 is 0 Å². The summed E-state index contributed by atoms with van der Waals surface area (Å²) in [5.41, 5.74) is 10.9. The van der Waals surface area contributed by atoms with Crippen molar-refractivity contribution in [3.63, 3.8) is 0 Å². The maximum Gasteiger partial charge on any atom is 0.0215 e. The molecule has 0 radical (unpaired) electrons. The normalized spacial score (nSPS) is 14.0. The lowest BCUT2D eigenvalue weighted by atomic mass is 9.69. The van der Waals surface area contributed by atoms with Crippen molar-refractivity contribution in [3.8, 4) is 11.1 Å². The van der Waals surface area contributed by atoms with Crippen LogP contribution in [-0.4, -0.2) is 0 Å². The Morgan fingerprint density at radius 1 is 0.619 bits per heavy atom. The molecule has 1 aliphatic carbocycles. The topological polar surface area (TPSA) is 0 Å². The van der Waals surface area contributed by atoms with Gasteiger partial charge in [0.2, 0.25) is 0 Å². The van der Waals surface area contributed by atoms with Crippen molar-refractivity contribution in [1.29, 1.82) is 0 Å². The van der Waals surface area contributed by atoms with Crippen LogP contribution < -0.4 is 0 Å². The summed E-state index contributed by atoms with van der Waals surface area (Å²) in [4.78, 5) is 0. The summed E-state index contributed by atoms with van der Waals surface area (Å²) in [7, 11) is 0. The van der Waals surface area contributed by atoms with Crippen LogP contribution in [0.5, 0.6) is 0 Å². The van der Waals surface area contributed by atoms with Crippen molar-refractivity contribution < 1.29 is 0 Å². The fourth-order valence-electron chi connectivity index (χ4n) is 7.83. The van der Waals surface area contributed by atoms with E-state index in [0.29, 0.717) is 0 Å². The van der Waals surface area contributed by atoms with E-state index in [2.05, 4.69) is 89.2 Å². The third-order valence-electron chi connectivity index (χ3n) is 10.3. The number of rotatable bonds is 19. The van der Waals surface area contributed by atoms with E-state index in [1.807, 2.05) is 0 Å². The van der Waals surface area contributed by atoms with Gasteiger partial charge < -0.3 is 0 Å². The van der Waals surface area contributed by atoms with Crippen LogP contribution in [0.15, 0.2) is 54.6 Å². The minimum Gasteiger partial charge on any atom is -0.0838 e. The minimum atomic E-state index is 0.132. The Hall–Kier alpha value is -2.34. The second-order valence-corrected chi connectivity index (χ2v) is 13.3. The van der Waals surface area contributed by atoms with E-state index >= 15 is 0 Å². The van der Waals surface area contributed by atoms with E-state index in [-0.39, 0.29) is 5.41 Å². The third-order valence-corrected chi connectivity index (χ3v) is 10.3. The predicted octanol–water partition coefficient (Wildman–Crippen LogP) is 13.9. The van der Waals surface area contributed by atoms with E-state index in [1.54, 1.807) is 16.7 Å². The van der Waals surface area contributed by atoms with Crippen LogP contribution in [0.2, 0.25) is 0 Å². The molecule has 4 rings (SSSR count). The SMILES string of the molecule is CC=C(CCCCC)c1ccc2c(c1)C(CCCCCCCC)(CCCCCCCC)c1cc(C)c3ccccc3c1-2. The zero-order chi connectivity index (χ0) is 29.8. The first kappa shape index (κ1) is 32.6. The molecule has 0 unspecified atom stereocenters. The van der Waals surface area contributed by atoms with Crippen LogP contribution in [0, 0.1) is 6.92 Å². The molecule has 0 spiro atoms. The Morgan fingerprint density at radius 2 is 1.19 bits per heavy atom. The van der Waals surface area contributed by atoms with Crippen LogP contribution >= 0.6 is 0 Å². The van der Waals surface area contributed by atoms with Crippen molar-refractivity contribution in [2.45, 2.75) is 156 Å². The van der Waals surface area contributed by atoms with Gasteiger partial charge in [0.05, 0.1) is 0 Å². The van der Waals surface area contributed by atoms with Crippen molar-refractivity contribution >= 4 is 16.3 Å². The molecule has 0 bridgehead atoms. The summed E-state index contributed by atoms with van der Waals surface area (Å²) in [5, 5.41) is 2.89. The van der Waals surface area contributed by atoms with Crippen LogP contribution in [0.3, 0.4) is 0 Å². The van der Waals surface area contributed by atoms with Crippen molar-refractivity contribution in [3.05, 3.63) is 76.9 Å². The molecule has 228 valence electrons. The van der Waals surface area contributed by atoms with Gasteiger partial charge in [-0.05, 0) is 95.3 Å². The van der Waals surface area contributed by atoms with Crippen LogP contribution in [0.4, 0.5) is 0 Å². The molecule has 0 fully saturated rings. The summed E-state index contributed by atoms with van der Waals surface area (Å²) >= 11 is 0. The molecular weight excluding hydrogens is 504 g/mol. The predicted molar refractivity (Wildman–Crippen MR) is 189 cm³/mol. The van der Waals surface area contributed by atoms with Gasteiger partial charge in [-0.2, -0.15) is 0 Å². The van der Waals surface area contributed by atoms with E-state index in [9.17, 15) is 0 Å². The fraction of sp³-hybridized carbons (Fsp3) is 0.571. The van der Waals surface area contributed by atoms with Crippen LogP contribution in [0.1, 0.15) is 166 Å². The smallest absolute Gasteiger partial charge is 0.0215 e. The third kappa shape index (κ3) is 7.41. The molecule has 0 saturated carbocycles. The molecule has 0 amide bonds. The quantitative estimate of drug-likeness (QED) is 0.127. The van der Waals surface area contributed by atoms with Gasteiger partial charge in [-0.15, -0.1) is 0 Å². The molecule has 3 aromatic rings. The largest absolute Gasteiger partial charge is 0.0838 e. The molecular formula is C42H60. The fourth-order valence-corrected chi connectivity index (χ4v) is 7.83. The summed E-state index contributed by atoms with van der Waals surface area (Å²) in [5.74, 6) is 0. The number of unbranched alkanes of at least 4 members (excludes halogenated alkanes) is 12. The highest BCUT2D eigenvalue weighted by Crippen LogP contribution is 2.57. The number of fused-ring (bicyclic) bond motifs is 5. The van der Waals surface area contributed by atoms with Gasteiger partial charge in [0.1, 0.15) is 0 Å². The molecule has 0 nitrogen and oxygen atoms in total. The highest BCUT2D eigenvalue weighted by Gasteiger charge is 2.43. The van der Waals surface area contributed by atoms with Gasteiger partial charge in [0.15, 0.2) is 0 Å². The molecule has 0 aliphatic heterocycles. The van der Waals surface area contributed by atoms with Gasteiger partial charge in [0, 0.05) is 5.41 Å². The summed E-state index contributed by atoms with van der Waals surface area (Å²) in [6.07, 6.45) is 26.4. The Morgan fingerprint density at radius 3 is 1.81 bits per heavy atom. The Kier molecular flexibility index (Phi) is 12.8. The number of aryl methyl sites for hydroxylation is 1. The van der Waals surface area contributed by atoms with Crippen molar-refractivity contribution in [2.75, 3.05) is 0 Å². The maximum absolute atomic E-state index is 2.66. The maximum atomic E-state index is 2.66. The van der Waals surface area contributed by atoms with Crippen LogP contribution in [0.25, 0.3) is 27.5 Å². The lowest BCUT2D eigenvalue weighted by molar-refractivity contribution is 0.398. The summed E-state index contributed by atoms with van der Waals surface area (Å²) in [6, 6.07) is 19.4. The van der Waals surface area contributed by atoms with E-state index in [4.69, 9.17) is 0 Å². The molecule has 0 atom stereocenters. The molecule has 42 heavy (non-hydrogen) atoms. The first-order valence-corrected chi connectivity index (χ1v) is 17.9. The van der Waals surface area contributed by atoms with Crippen molar-refractivity contribution in [2.24, 2.45) is 0 Å². The van der Waals surface area contributed by atoms with Gasteiger partial charge >= 0.3 is 0 Å². The summed E-state index contributed by atoms with van der Waals surface area (Å²) in [6.45, 7) is 11.6. The van der Waals surface area contributed by atoms with Crippen molar-refractivity contribution in [1.82, 2.24) is 0 Å². The van der Waals surface area contributed by atoms with Gasteiger partial charge in [0.25, 0.3) is 0 Å². The monoisotopic (exact) mass is 564 g/mol.